The standard InChI is InChI=1S/C20H13N3O6S/c24-20-13-5-2-1-4-12(13)8-10-16(20)21-22-19-15-6-3-7-17(23(25)26)14(15)9-11-18(19)29-30(27)28/h1-11,24,30H. The van der Waals surface area contributed by atoms with Gasteiger partial charge in [0.25, 0.3) is 16.7 Å². The number of aromatic hydroxyl groups is 1. The van der Waals surface area contributed by atoms with E-state index in [1.165, 1.54) is 24.3 Å². The van der Waals surface area contributed by atoms with Gasteiger partial charge in [-0.2, -0.15) is 8.42 Å². The first kappa shape index (κ1) is 19.3. The Labute approximate surface area is 171 Å². The van der Waals surface area contributed by atoms with Gasteiger partial charge in [0.2, 0.25) is 0 Å². The lowest BCUT2D eigenvalue weighted by Gasteiger charge is -2.07. The first-order chi connectivity index (χ1) is 14.5. The molecular formula is C20H13N3O6S. The Hall–Kier alpha value is -4.05. The highest BCUT2D eigenvalue weighted by Gasteiger charge is 2.17. The monoisotopic (exact) mass is 423 g/mol. The first-order valence-electron chi connectivity index (χ1n) is 8.60. The summed E-state index contributed by atoms with van der Waals surface area (Å²) >= 11 is 0. The van der Waals surface area contributed by atoms with Crippen molar-refractivity contribution in [2.24, 2.45) is 10.2 Å². The number of phenols is 1. The highest BCUT2D eigenvalue weighted by molar-refractivity contribution is 7.67. The molecule has 4 rings (SSSR count). The summed E-state index contributed by atoms with van der Waals surface area (Å²) in [4.78, 5) is 10.8. The van der Waals surface area contributed by atoms with Gasteiger partial charge in [-0.1, -0.05) is 42.5 Å². The first-order valence-corrected chi connectivity index (χ1v) is 9.70. The summed E-state index contributed by atoms with van der Waals surface area (Å²) in [5.41, 5.74) is -0.0351. The van der Waals surface area contributed by atoms with Gasteiger partial charge in [0, 0.05) is 16.8 Å². The smallest absolute Gasteiger partial charge is 0.299 e. The van der Waals surface area contributed by atoms with Crippen molar-refractivity contribution in [1.82, 2.24) is 0 Å². The Morgan fingerprint density at radius 1 is 0.867 bits per heavy atom. The largest absolute Gasteiger partial charge is 0.505 e. The molecule has 10 heteroatoms. The van der Waals surface area contributed by atoms with Crippen LogP contribution in [0.5, 0.6) is 11.5 Å². The van der Waals surface area contributed by atoms with E-state index in [1.54, 1.807) is 30.3 Å². The minimum atomic E-state index is -3.25. The SMILES string of the molecule is O=[N+]([O-])c1cccc2c(N=Nc3ccc4ccccc4c3O)c(O[SH](=O)=O)ccc12. The molecule has 0 bridgehead atoms. The van der Waals surface area contributed by atoms with E-state index in [1.807, 2.05) is 12.1 Å². The van der Waals surface area contributed by atoms with Gasteiger partial charge in [-0.25, -0.2) is 0 Å². The lowest BCUT2D eigenvalue weighted by Crippen LogP contribution is -1.93. The molecule has 0 spiro atoms. The number of nitro benzene ring substituents is 1. The van der Waals surface area contributed by atoms with Gasteiger partial charge >= 0.3 is 0 Å². The van der Waals surface area contributed by atoms with Crippen LogP contribution >= 0.6 is 0 Å². The zero-order valence-corrected chi connectivity index (χ0v) is 16.0. The van der Waals surface area contributed by atoms with Gasteiger partial charge < -0.3 is 9.29 Å². The molecular weight excluding hydrogens is 410 g/mol. The van der Waals surface area contributed by atoms with Gasteiger partial charge in [0.1, 0.15) is 11.4 Å². The molecule has 4 aromatic rings. The van der Waals surface area contributed by atoms with Gasteiger partial charge in [-0.3, -0.25) is 10.1 Å². The maximum atomic E-state index is 11.3. The molecule has 0 unspecified atom stereocenters. The van der Waals surface area contributed by atoms with Crippen LogP contribution in [0.2, 0.25) is 0 Å². The van der Waals surface area contributed by atoms with E-state index < -0.39 is 15.9 Å². The topological polar surface area (TPSA) is 131 Å². The number of non-ortho nitro benzene ring substituents is 1. The average Bonchev–Trinajstić information content (AvgIpc) is 2.73. The predicted octanol–water partition coefficient (Wildman–Crippen LogP) is 4.93. The maximum absolute atomic E-state index is 11.3. The fraction of sp³-hybridized carbons (Fsp3) is 0. The van der Waals surface area contributed by atoms with Gasteiger partial charge in [0.15, 0.2) is 11.5 Å². The fourth-order valence-corrected chi connectivity index (χ4v) is 3.46. The third-order valence-corrected chi connectivity index (χ3v) is 4.83. The van der Waals surface area contributed by atoms with Gasteiger partial charge in [-0.15, -0.1) is 10.2 Å². The predicted molar refractivity (Wildman–Crippen MR) is 111 cm³/mol. The van der Waals surface area contributed by atoms with Crippen molar-refractivity contribution in [3.63, 3.8) is 0 Å². The van der Waals surface area contributed by atoms with Crippen LogP contribution in [0.15, 0.2) is 77.0 Å². The van der Waals surface area contributed by atoms with Crippen LogP contribution < -0.4 is 4.18 Å². The summed E-state index contributed by atoms with van der Waals surface area (Å²) in [7, 11) is -3.25. The zero-order chi connectivity index (χ0) is 21.3. The molecule has 0 aromatic heterocycles. The van der Waals surface area contributed by atoms with Crippen LogP contribution in [0, 0.1) is 10.1 Å². The highest BCUT2D eigenvalue weighted by atomic mass is 32.2. The van der Waals surface area contributed by atoms with Crippen molar-refractivity contribution < 1.29 is 22.6 Å². The van der Waals surface area contributed by atoms with Crippen LogP contribution in [0.4, 0.5) is 17.1 Å². The fourth-order valence-electron chi connectivity index (χ4n) is 3.15. The third-order valence-electron chi connectivity index (χ3n) is 4.48. The number of fused-ring (bicyclic) bond motifs is 2. The Morgan fingerprint density at radius 3 is 2.40 bits per heavy atom. The second-order valence-electron chi connectivity index (χ2n) is 6.21. The molecule has 0 amide bonds. The van der Waals surface area contributed by atoms with E-state index in [0.717, 1.165) is 5.39 Å². The summed E-state index contributed by atoms with van der Waals surface area (Å²) in [5.74, 6) is -0.233. The number of thiol groups is 1. The molecule has 0 heterocycles. The summed E-state index contributed by atoms with van der Waals surface area (Å²) in [5, 5.41) is 31.9. The number of rotatable bonds is 5. The van der Waals surface area contributed by atoms with Crippen LogP contribution in [-0.4, -0.2) is 18.4 Å². The van der Waals surface area contributed by atoms with Crippen LogP contribution in [-0.2, 0) is 11.0 Å². The minimum Gasteiger partial charge on any atom is -0.505 e. The van der Waals surface area contributed by atoms with Gasteiger partial charge in [0.05, 0.1) is 10.3 Å². The van der Waals surface area contributed by atoms with Crippen molar-refractivity contribution in [3.8, 4) is 11.5 Å². The minimum absolute atomic E-state index is 0.0111. The molecule has 0 aliphatic carbocycles. The quantitative estimate of drug-likeness (QED) is 0.202. The lowest BCUT2D eigenvalue weighted by atomic mass is 10.1. The molecule has 9 nitrogen and oxygen atoms in total. The molecule has 0 atom stereocenters. The Morgan fingerprint density at radius 2 is 1.63 bits per heavy atom. The zero-order valence-electron chi connectivity index (χ0n) is 15.1. The van der Waals surface area contributed by atoms with Crippen molar-refractivity contribution >= 4 is 49.6 Å². The number of azo groups is 1. The average molecular weight is 423 g/mol. The number of phenolic OH excluding ortho intramolecular Hbond substituents is 1. The molecule has 0 saturated carbocycles. The van der Waals surface area contributed by atoms with Crippen molar-refractivity contribution in [3.05, 3.63) is 76.8 Å². The summed E-state index contributed by atoms with van der Waals surface area (Å²) < 4.78 is 27.0. The Kier molecular flexibility index (Phi) is 4.98. The summed E-state index contributed by atoms with van der Waals surface area (Å²) in [6, 6.07) is 17.4. The van der Waals surface area contributed by atoms with E-state index >= 15 is 0 Å². The van der Waals surface area contributed by atoms with Crippen LogP contribution in [0.25, 0.3) is 21.5 Å². The van der Waals surface area contributed by atoms with E-state index in [4.69, 9.17) is 4.18 Å². The number of nitro groups is 1. The molecule has 1 N–H and O–H groups in total. The van der Waals surface area contributed by atoms with Gasteiger partial charge in [-0.05, 0) is 23.6 Å². The third kappa shape index (κ3) is 3.51. The lowest BCUT2D eigenvalue weighted by molar-refractivity contribution is -0.383. The van der Waals surface area contributed by atoms with E-state index in [0.29, 0.717) is 5.39 Å². The van der Waals surface area contributed by atoms with E-state index in [-0.39, 0.29) is 39.3 Å². The molecule has 150 valence electrons. The van der Waals surface area contributed by atoms with Crippen LogP contribution in [0.1, 0.15) is 0 Å². The van der Waals surface area contributed by atoms with Crippen molar-refractivity contribution in [2.75, 3.05) is 0 Å². The normalized spacial score (nSPS) is 11.5. The molecule has 0 fully saturated rings. The molecule has 30 heavy (non-hydrogen) atoms. The Balaban J connectivity index is 1.91. The highest BCUT2D eigenvalue weighted by Crippen LogP contribution is 2.41. The number of benzene rings is 4. The molecule has 0 radical (unpaired) electrons. The second-order valence-corrected chi connectivity index (χ2v) is 6.84. The number of nitrogens with zero attached hydrogens (tertiary/aromatic N) is 3. The molecule has 0 aliphatic rings. The Bertz CT molecular complexity index is 1410. The number of hydrogen-bond donors (Lipinski definition) is 2. The molecule has 0 saturated heterocycles. The number of hydrogen-bond acceptors (Lipinski definition) is 8. The van der Waals surface area contributed by atoms with E-state index in [2.05, 4.69) is 10.2 Å². The van der Waals surface area contributed by atoms with E-state index in [9.17, 15) is 23.6 Å². The van der Waals surface area contributed by atoms with Crippen molar-refractivity contribution in [2.45, 2.75) is 0 Å². The second kappa shape index (κ2) is 7.76. The molecule has 0 aliphatic heterocycles. The van der Waals surface area contributed by atoms with Crippen LogP contribution in [0.3, 0.4) is 0 Å². The maximum Gasteiger partial charge on any atom is 0.299 e. The summed E-state index contributed by atoms with van der Waals surface area (Å²) in [6.07, 6.45) is 0. The molecule has 4 aromatic carbocycles. The summed E-state index contributed by atoms with van der Waals surface area (Å²) in [6.45, 7) is 0. The van der Waals surface area contributed by atoms with Crippen molar-refractivity contribution in [1.29, 1.82) is 0 Å².